The predicted molar refractivity (Wildman–Crippen MR) is 54.8 cm³/mol. The van der Waals surface area contributed by atoms with Crippen LogP contribution in [0.4, 0.5) is 0 Å². The first kappa shape index (κ1) is 10.7. The number of ether oxygens (including phenoxy) is 1. The summed E-state index contributed by atoms with van der Waals surface area (Å²) in [5, 5.41) is 18.7. The molecule has 0 saturated heterocycles. The van der Waals surface area contributed by atoms with Crippen LogP contribution in [0.5, 0.6) is 17.2 Å². The van der Waals surface area contributed by atoms with Crippen LogP contribution in [0.3, 0.4) is 0 Å². The summed E-state index contributed by atoms with van der Waals surface area (Å²) >= 11 is 0. The van der Waals surface area contributed by atoms with Crippen molar-refractivity contribution in [3.8, 4) is 17.2 Å². The molecular weight excluding hydrogens is 180 g/mol. The second kappa shape index (κ2) is 3.78. The van der Waals surface area contributed by atoms with Crippen molar-refractivity contribution >= 4 is 0 Å². The summed E-state index contributed by atoms with van der Waals surface area (Å²) in [5.41, 5.74) is -0.342. The van der Waals surface area contributed by atoms with E-state index in [1.165, 1.54) is 6.07 Å². The molecule has 3 heteroatoms. The molecule has 14 heavy (non-hydrogen) atoms. The summed E-state index contributed by atoms with van der Waals surface area (Å²) < 4.78 is 5.55. The fourth-order valence-corrected chi connectivity index (χ4v) is 0.963. The first-order valence-electron chi connectivity index (χ1n) is 4.66. The Labute approximate surface area is 84.0 Å². The molecule has 0 aliphatic heterocycles. The maximum atomic E-state index is 9.48. The van der Waals surface area contributed by atoms with Gasteiger partial charge in [0.1, 0.15) is 5.60 Å². The van der Waals surface area contributed by atoms with Gasteiger partial charge in [-0.05, 0) is 32.4 Å². The highest BCUT2D eigenvalue weighted by atomic mass is 16.5. The normalized spacial score (nSPS) is 11.4. The highest BCUT2D eigenvalue weighted by Crippen LogP contribution is 2.36. The zero-order valence-electron chi connectivity index (χ0n) is 8.74. The third-order valence-electron chi connectivity index (χ3n) is 2.22. The average molecular weight is 196 g/mol. The SMILES string of the molecule is CCC(C)(C)Oc1cccc(O)c1O. The van der Waals surface area contributed by atoms with Crippen LogP contribution >= 0.6 is 0 Å². The van der Waals surface area contributed by atoms with Crippen molar-refractivity contribution in [3.63, 3.8) is 0 Å². The molecule has 0 saturated carbocycles. The minimum Gasteiger partial charge on any atom is -0.504 e. The summed E-state index contributed by atoms with van der Waals surface area (Å²) in [6.07, 6.45) is 0.822. The van der Waals surface area contributed by atoms with Gasteiger partial charge < -0.3 is 14.9 Å². The van der Waals surface area contributed by atoms with E-state index < -0.39 is 0 Å². The molecule has 3 nitrogen and oxygen atoms in total. The van der Waals surface area contributed by atoms with E-state index in [1.807, 2.05) is 20.8 Å². The first-order chi connectivity index (χ1) is 6.46. The quantitative estimate of drug-likeness (QED) is 0.731. The second-order valence-corrected chi connectivity index (χ2v) is 3.84. The van der Waals surface area contributed by atoms with E-state index in [0.29, 0.717) is 5.75 Å². The number of phenols is 2. The molecule has 0 aromatic heterocycles. The fourth-order valence-electron chi connectivity index (χ4n) is 0.963. The Morgan fingerprint density at radius 1 is 1.29 bits per heavy atom. The van der Waals surface area contributed by atoms with Crippen molar-refractivity contribution in [2.24, 2.45) is 0 Å². The van der Waals surface area contributed by atoms with Crippen molar-refractivity contribution < 1.29 is 14.9 Å². The number of aromatic hydroxyl groups is 2. The second-order valence-electron chi connectivity index (χ2n) is 3.84. The van der Waals surface area contributed by atoms with Crippen LogP contribution in [0, 0.1) is 0 Å². The van der Waals surface area contributed by atoms with E-state index in [1.54, 1.807) is 12.1 Å². The zero-order valence-corrected chi connectivity index (χ0v) is 8.74. The Hall–Kier alpha value is -1.38. The highest BCUT2D eigenvalue weighted by molar-refractivity contribution is 5.49. The van der Waals surface area contributed by atoms with Gasteiger partial charge in [0.25, 0.3) is 0 Å². The number of hydrogen-bond donors (Lipinski definition) is 2. The molecule has 0 atom stereocenters. The van der Waals surface area contributed by atoms with Crippen LogP contribution in [0.2, 0.25) is 0 Å². The molecule has 1 rings (SSSR count). The summed E-state index contributed by atoms with van der Waals surface area (Å²) in [6, 6.07) is 4.68. The average Bonchev–Trinajstić information content (AvgIpc) is 2.13. The first-order valence-corrected chi connectivity index (χ1v) is 4.66. The molecule has 0 aliphatic carbocycles. The number of para-hydroxylation sites is 1. The van der Waals surface area contributed by atoms with Gasteiger partial charge in [-0.3, -0.25) is 0 Å². The molecule has 0 heterocycles. The Bertz CT molecular complexity index is 318. The largest absolute Gasteiger partial charge is 0.504 e. The van der Waals surface area contributed by atoms with E-state index in [4.69, 9.17) is 4.74 Å². The van der Waals surface area contributed by atoms with Crippen molar-refractivity contribution in [2.75, 3.05) is 0 Å². The third-order valence-corrected chi connectivity index (χ3v) is 2.22. The van der Waals surface area contributed by atoms with Crippen molar-refractivity contribution in [3.05, 3.63) is 18.2 Å². The number of benzene rings is 1. The van der Waals surface area contributed by atoms with Gasteiger partial charge >= 0.3 is 0 Å². The molecule has 1 aromatic rings. The summed E-state index contributed by atoms with van der Waals surface area (Å²) in [7, 11) is 0. The van der Waals surface area contributed by atoms with Crippen molar-refractivity contribution in [1.29, 1.82) is 0 Å². The standard InChI is InChI=1S/C11H16O3/c1-4-11(2,3)14-9-7-5-6-8(12)10(9)13/h5-7,12-13H,4H2,1-3H3. The molecule has 0 aliphatic rings. The van der Waals surface area contributed by atoms with Gasteiger partial charge in [-0.15, -0.1) is 0 Å². The molecule has 0 fully saturated rings. The van der Waals surface area contributed by atoms with Gasteiger partial charge in [0.2, 0.25) is 5.75 Å². The van der Waals surface area contributed by atoms with Gasteiger partial charge in [0, 0.05) is 0 Å². The van der Waals surface area contributed by atoms with Gasteiger partial charge in [0.05, 0.1) is 0 Å². The van der Waals surface area contributed by atoms with Crippen LogP contribution in [0.15, 0.2) is 18.2 Å². The maximum Gasteiger partial charge on any atom is 0.200 e. The number of hydrogen-bond acceptors (Lipinski definition) is 3. The van der Waals surface area contributed by atoms with Gasteiger partial charge in [-0.25, -0.2) is 0 Å². The Balaban J connectivity index is 2.92. The monoisotopic (exact) mass is 196 g/mol. The topological polar surface area (TPSA) is 49.7 Å². The van der Waals surface area contributed by atoms with Crippen LogP contribution in [-0.4, -0.2) is 15.8 Å². The highest BCUT2D eigenvalue weighted by Gasteiger charge is 2.19. The van der Waals surface area contributed by atoms with E-state index in [9.17, 15) is 10.2 Å². The van der Waals surface area contributed by atoms with Crippen LogP contribution in [-0.2, 0) is 0 Å². The summed E-state index contributed by atoms with van der Waals surface area (Å²) in [6.45, 7) is 5.85. The Morgan fingerprint density at radius 2 is 1.93 bits per heavy atom. The Morgan fingerprint density at radius 3 is 2.50 bits per heavy atom. The van der Waals surface area contributed by atoms with Gasteiger partial charge in [-0.2, -0.15) is 0 Å². The van der Waals surface area contributed by atoms with E-state index in [-0.39, 0.29) is 17.1 Å². The summed E-state index contributed by atoms with van der Waals surface area (Å²) in [5.74, 6) is -0.0414. The number of rotatable bonds is 3. The van der Waals surface area contributed by atoms with E-state index >= 15 is 0 Å². The van der Waals surface area contributed by atoms with Crippen LogP contribution in [0.25, 0.3) is 0 Å². The lowest BCUT2D eigenvalue weighted by Gasteiger charge is -2.25. The molecule has 78 valence electrons. The van der Waals surface area contributed by atoms with Crippen molar-refractivity contribution in [1.82, 2.24) is 0 Å². The lowest BCUT2D eigenvalue weighted by atomic mass is 10.1. The lowest BCUT2D eigenvalue weighted by Crippen LogP contribution is -2.26. The molecule has 0 amide bonds. The molecule has 2 N–H and O–H groups in total. The number of phenolic OH excluding ortho intramolecular Hbond substituents is 2. The molecule has 0 spiro atoms. The third kappa shape index (κ3) is 2.31. The zero-order chi connectivity index (χ0) is 10.8. The lowest BCUT2D eigenvalue weighted by molar-refractivity contribution is 0.100. The maximum absolute atomic E-state index is 9.48. The smallest absolute Gasteiger partial charge is 0.200 e. The van der Waals surface area contributed by atoms with E-state index in [0.717, 1.165) is 6.42 Å². The van der Waals surface area contributed by atoms with Gasteiger partial charge in [-0.1, -0.05) is 13.0 Å². The molecule has 0 bridgehead atoms. The molecule has 1 aromatic carbocycles. The molecule has 0 unspecified atom stereocenters. The molecule has 0 radical (unpaired) electrons. The predicted octanol–water partition coefficient (Wildman–Crippen LogP) is 2.67. The van der Waals surface area contributed by atoms with Crippen LogP contribution < -0.4 is 4.74 Å². The Kier molecular flexibility index (Phi) is 2.89. The van der Waals surface area contributed by atoms with Crippen molar-refractivity contribution in [2.45, 2.75) is 32.8 Å². The van der Waals surface area contributed by atoms with Gasteiger partial charge in [0.15, 0.2) is 11.5 Å². The summed E-state index contributed by atoms with van der Waals surface area (Å²) in [4.78, 5) is 0. The minimum atomic E-state index is -0.342. The van der Waals surface area contributed by atoms with Crippen LogP contribution in [0.1, 0.15) is 27.2 Å². The van der Waals surface area contributed by atoms with E-state index in [2.05, 4.69) is 0 Å². The fraction of sp³-hybridized carbons (Fsp3) is 0.455. The minimum absolute atomic E-state index is 0.158. The molecular formula is C11H16O3.